The Morgan fingerprint density at radius 2 is 0.936 bits per heavy atom. The maximum Gasteiger partial charge on any atom is 0.338 e. The number of ether oxygens (including phenoxy) is 6. The van der Waals surface area contributed by atoms with Gasteiger partial charge in [-0.05, 0) is 48.2 Å². The van der Waals surface area contributed by atoms with Gasteiger partial charge in [-0.2, -0.15) is 0 Å². The second-order valence-corrected chi connectivity index (χ2v) is 12.0. The summed E-state index contributed by atoms with van der Waals surface area (Å²) in [7, 11) is 0. The minimum absolute atomic E-state index is 0.114. The van der Waals surface area contributed by atoms with E-state index >= 15 is 0 Å². The van der Waals surface area contributed by atoms with Gasteiger partial charge in [0, 0.05) is 19.0 Å². The van der Waals surface area contributed by atoms with E-state index in [0.29, 0.717) is 0 Å². The fraction of sp³-hybridized carbons (Fsp3) is 0.417. The number of hydrogen-bond donors (Lipinski definition) is 2. The monoisotopic (exact) mass is 646 g/mol. The van der Waals surface area contributed by atoms with Crippen LogP contribution in [0.3, 0.4) is 0 Å². The van der Waals surface area contributed by atoms with E-state index in [-0.39, 0.29) is 53.6 Å². The normalized spacial score (nSPS) is 30.6. The summed E-state index contributed by atoms with van der Waals surface area (Å²) in [5.41, 5.74) is 13.0. The highest BCUT2D eigenvalue weighted by Crippen LogP contribution is 2.38. The number of rotatable bonds is 10. The number of carbonyl (C=O) groups excluding carboxylic acids is 3. The van der Waals surface area contributed by atoms with Crippen LogP contribution in [0.1, 0.15) is 51.8 Å². The van der Waals surface area contributed by atoms with Crippen molar-refractivity contribution < 1.29 is 42.8 Å². The SMILES string of the molecule is CC1C(CN)OC(OC2OC(CN)C(OC(=O)c3ccccc3)C(OC(=O)c3ccccc3)C2OC(=O)c2ccccc2)C(C)C1C. The van der Waals surface area contributed by atoms with Crippen LogP contribution in [0.15, 0.2) is 91.0 Å². The molecule has 3 aromatic carbocycles. The van der Waals surface area contributed by atoms with Crippen LogP contribution in [0.5, 0.6) is 0 Å². The van der Waals surface area contributed by atoms with Crippen molar-refractivity contribution in [3.05, 3.63) is 108 Å². The van der Waals surface area contributed by atoms with Crippen molar-refractivity contribution >= 4 is 17.9 Å². The molecule has 0 bridgehead atoms. The molecular weight excluding hydrogens is 604 g/mol. The van der Waals surface area contributed by atoms with Crippen molar-refractivity contribution in [2.24, 2.45) is 29.2 Å². The molecule has 4 N–H and O–H groups in total. The Morgan fingerprint density at radius 1 is 0.532 bits per heavy atom. The zero-order valence-electron chi connectivity index (χ0n) is 26.7. The van der Waals surface area contributed by atoms with Gasteiger partial charge in [-0.3, -0.25) is 0 Å². The molecule has 250 valence electrons. The van der Waals surface area contributed by atoms with E-state index in [2.05, 4.69) is 13.8 Å². The van der Waals surface area contributed by atoms with Crippen molar-refractivity contribution in [1.29, 1.82) is 0 Å². The summed E-state index contributed by atoms with van der Waals surface area (Å²) in [6.45, 7) is 6.29. The first kappa shape index (κ1) is 34.2. The Kier molecular flexibility index (Phi) is 11.4. The molecule has 3 aromatic rings. The van der Waals surface area contributed by atoms with E-state index in [1.807, 2.05) is 6.92 Å². The topological polar surface area (TPSA) is 159 Å². The van der Waals surface area contributed by atoms with E-state index < -0.39 is 54.9 Å². The van der Waals surface area contributed by atoms with E-state index in [0.717, 1.165) is 0 Å². The van der Waals surface area contributed by atoms with Crippen molar-refractivity contribution in [3.8, 4) is 0 Å². The molecule has 2 fully saturated rings. The van der Waals surface area contributed by atoms with Crippen LogP contribution in [0.25, 0.3) is 0 Å². The second-order valence-electron chi connectivity index (χ2n) is 12.0. The van der Waals surface area contributed by atoms with Gasteiger partial charge in [0.05, 0.1) is 22.8 Å². The minimum atomic E-state index is -1.41. The van der Waals surface area contributed by atoms with Crippen molar-refractivity contribution in [1.82, 2.24) is 0 Å². The van der Waals surface area contributed by atoms with Gasteiger partial charge in [0.1, 0.15) is 6.10 Å². The van der Waals surface area contributed by atoms with Gasteiger partial charge in [0.25, 0.3) is 0 Å². The average Bonchev–Trinajstić information content (AvgIpc) is 3.11. The first-order chi connectivity index (χ1) is 22.7. The van der Waals surface area contributed by atoms with Gasteiger partial charge in [-0.15, -0.1) is 0 Å². The largest absolute Gasteiger partial charge is 0.452 e. The predicted octanol–water partition coefficient (Wildman–Crippen LogP) is 3.96. The molecule has 0 spiro atoms. The van der Waals surface area contributed by atoms with Gasteiger partial charge in [0.2, 0.25) is 6.29 Å². The third-order valence-electron chi connectivity index (χ3n) is 9.07. The minimum Gasteiger partial charge on any atom is -0.452 e. The maximum absolute atomic E-state index is 13.6. The van der Waals surface area contributed by atoms with Gasteiger partial charge in [0.15, 0.2) is 24.6 Å². The molecule has 2 saturated heterocycles. The molecule has 0 radical (unpaired) electrons. The Bertz CT molecular complexity index is 1470. The summed E-state index contributed by atoms with van der Waals surface area (Å²) in [4.78, 5) is 40.5. The summed E-state index contributed by atoms with van der Waals surface area (Å²) < 4.78 is 37.2. The standard InChI is InChI=1S/C36H42N2O9/c1-21-22(2)27(19-37)42-35(23(21)3)47-36-31(46-34(41)26-17-11-6-12-18-26)30(45-33(40)25-15-9-5-10-16-25)29(28(20-38)43-36)44-32(39)24-13-7-4-8-14-24/h4-18,21-23,27-31,35-36H,19-20,37-38H2,1-3H3. The Hall–Kier alpha value is -4.13. The highest BCUT2D eigenvalue weighted by atomic mass is 16.8. The van der Waals surface area contributed by atoms with E-state index in [4.69, 9.17) is 39.9 Å². The van der Waals surface area contributed by atoms with Gasteiger partial charge < -0.3 is 39.9 Å². The molecule has 10 atom stereocenters. The van der Waals surface area contributed by atoms with Crippen molar-refractivity contribution in [3.63, 3.8) is 0 Å². The highest BCUT2D eigenvalue weighted by Gasteiger charge is 2.54. The second kappa shape index (κ2) is 15.6. The van der Waals surface area contributed by atoms with E-state index in [9.17, 15) is 14.4 Å². The number of hydrogen-bond acceptors (Lipinski definition) is 11. The van der Waals surface area contributed by atoms with Crippen LogP contribution in [-0.4, -0.2) is 74.1 Å². The predicted molar refractivity (Wildman–Crippen MR) is 171 cm³/mol. The third-order valence-corrected chi connectivity index (χ3v) is 9.07. The maximum atomic E-state index is 13.6. The molecule has 0 aliphatic carbocycles. The smallest absolute Gasteiger partial charge is 0.338 e. The molecule has 5 rings (SSSR count). The van der Waals surface area contributed by atoms with Gasteiger partial charge in [-0.1, -0.05) is 75.4 Å². The van der Waals surface area contributed by atoms with Crippen molar-refractivity contribution in [2.45, 2.75) is 63.9 Å². The lowest BCUT2D eigenvalue weighted by Gasteiger charge is -2.48. The quantitative estimate of drug-likeness (QED) is 0.243. The van der Waals surface area contributed by atoms with Crippen LogP contribution >= 0.6 is 0 Å². The molecule has 2 aliphatic rings. The highest BCUT2D eigenvalue weighted by molar-refractivity contribution is 5.91. The zero-order valence-corrected chi connectivity index (χ0v) is 26.7. The number of benzene rings is 3. The van der Waals surface area contributed by atoms with Crippen molar-refractivity contribution in [2.75, 3.05) is 13.1 Å². The lowest BCUT2D eigenvalue weighted by atomic mass is 9.79. The molecule has 10 unspecified atom stereocenters. The van der Waals surface area contributed by atoms with Gasteiger partial charge in [-0.25, -0.2) is 14.4 Å². The summed E-state index contributed by atoms with van der Waals surface area (Å²) in [6, 6.07) is 24.9. The van der Waals surface area contributed by atoms with Crippen LogP contribution < -0.4 is 11.5 Å². The molecule has 11 nitrogen and oxygen atoms in total. The Labute approximate surface area is 274 Å². The molecule has 11 heteroatoms. The lowest BCUT2D eigenvalue weighted by Crippen LogP contribution is -2.64. The summed E-state index contributed by atoms with van der Waals surface area (Å²) in [5, 5.41) is 0. The molecule has 0 saturated carbocycles. The molecule has 0 aromatic heterocycles. The van der Waals surface area contributed by atoms with Crippen LogP contribution in [0, 0.1) is 17.8 Å². The fourth-order valence-electron chi connectivity index (χ4n) is 5.92. The van der Waals surface area contributed by atoms with E-state index in [1.54, 1.807) is 91.0 Å². The molecule has 0 amide bonds. The van der Waals surface area contributed by atoms with Crippen LogP contribution in [0.2, 0.25) is 0 Å². The summed E-state index contributed by atoms with van der Waals surface area (Å²) >= 11 is 0. The molecule has 2 heterocycles. The van der Waals surface area contributed by atoms with Gasteiger partial charge >= 0.3 is 17.9 Å². The first-order valence-electron chi connectivity index (χ1n) is 15.9. The third kappa shape index (κ3) is 7.89. The van der Waals surface area contributed by atoms with Crippen LogP contribution in [-0.2, 0) is 28.4 Å². The van der Waals surface area contributed by atoms with E-state index in [1.165, 1.54) is 0 Å². The fourth-order valence-corrected chi connectivity index (χ4v) is 5.92. The number of nitrogens with two attached hydrogens (primary N) is 2. The average molecular weight is 647 g/mol. The molecule has 47 heavy (non-hydrogen) atoms. The molecular formula is C36H42N2O9. The summed E-state index contributed by atoms with van der Waals surface area (Å²) in [5.74, 6) is -1.96. The number of esters is 3. The zero-order chi connectivity index (χ0) is 33.5. The molecule has 2 aliphatic heterocycles. The number of carbonyl (C=O) groups is 3. The first-order valence-corrected chi connectivity index (χ1v) is 15.9. The summed E-state index contributed by atoms with van der Waals surface area (Å²) in [6.07, 6.45) is -7.54. The Morgan fingerprint density at radius 3 is 1.38 bits per heavy atom. The lowest BCUT2D eigenvalue weighted by molar-refractivity contribution is -0.355. The van der Waals surface area contributed by atoms with Crippen LogP contribution in [0.4, 0.5) is 0 Å². The Balaban J connectivity index is 1.54.